The van der Waals surface area contributed by atoms with E-state index in [4.69, 9.17) is 33.0 Å². The van der Waals surface area contributed by atoms with E-state index >= 15 is 0 Å². The number of aromatic nitrogens is 2. The van der Waals surface area contributed by atoms with Gasteiger partial charge in [0.2, 0.25) is 5.88 Å². The van der Waals surface area contributed by atoms with Crippen LogP contribution in [0, 0.1) is 0 Å². The van der Waals surface area contributed by atoms with Crippen LogP contribution in [0.15, 0.2) is 42.5 Å². The lowest BCUT2D eigenvalue weighted by molar-refractivity contribution is 0.0696. The van der Waals surface area contributed by atoms with E-state index in [-0.39, 0.29) is 27.2 Å². The predicted octanol–water partition coefficient (Wildman–Crippen LogP) is 5.65. The molecule has 32 heavy (non-hydrogen) atoms. The summed E-state index contributed by atoms with van der Waals surface area (Å²) in [6.45, 7) is 1.63. The van der Waals surface area contributed by atoms with Gasteiger partial charge in [0.1, 0.15) is 17.0 Å². The number of carboxylic acids is 1. The number of nitrogens with one attached hydrogen (secondary N) is 1. The molecule has 7 nitrogen and oxygen atoms in total. The number of halogens is 4. The Morgan fingerprint density at radius 3 is 2.34 bits per heavy atom. The molecule has 0 saturated heterocycles. The maximum Gasteiger partial charge on any atom is 0.335 e. The van der Waals surface area contributed by atoms with Crippen molar-refractivity contribution in [2.45, 2.75) is 19.4 Å². The molecule has 1 amide bonds. The molecule has 0 aliphatic carbocycles. The number of carbonyl (C=O) groups is 2. The van der Waals surface area contributed by atoms with E-state index in [1.807, 2.05) is 0 Å². The van der Waals surface area contributed by atoms with Crippen molar-refractivity contribution in [1.82, 2.24) is 15.1 Å². The summed E-state index contributed by atoms with van der Waals surface area (Å²) in [5.41, 5.74) is -0.509. The van der Waals surface area contributed by atoms with E-state index < -0.39 is 35.6 Å². The molecule has 3 aromatic rings. The third-order valence-corrected chi connectivity index (χ3v) is 5.31. The molecular weight excluding hydrogens is 467 g/mol. The summed E-state index contributed by atoms with van der Waals surface area (Å²) in [5, 5.41) is 15.8. The largest absolute Gasteiger partial charge is 0.478 e. The maximum atomic E-state index is 13.6. The molecule has 1 unspecified atom stereocenters. The van der Waals surface area contributed by atoms with Crippen molar-refractivity contribution in [2.24, 2.45) is 7.05 Å². The normalized spacial score (nSPS) is 12.0. The fraction of sp³-hybridized carbons (Fsp3) is 0.190. The Morgan fingerprint density at radius 2 is 1.78 bits per heavy atom. The molecule has 0 aliphatic rings. The van der Waals surface area contributed by atoms with Crippen molar-refractivity contribution in [3.05, 3.63) is 74.9 Å². The Labute approximate surface area is 191 Å². The Balaban J connectivity index is 1.91. The minimum Gasteiger partial charge on any atom is -0.478 e. The van der Waals surface area contributed by atoms with Crippen LogP contribution in [-0.4, -0.2) is 26.8 Å². The molecular formula is C21H17Cl2F2N3O4. The number of carbonyl (C=O) groups excluding carboxylic acids is 1. The average molecular weight is 484 g/mol. The Kier molecular flexibility index (Phi) is 7.00. The lowest BCUT2D eigenvalue weighted by Gasteiger charge is -2.16. The highest BCUT2D eigenvalue weighted by Gasteiger charge is 2.30. The lowest BCUT2D eigenvalue weighted by atomic mass is 10.1. The van der Waals surface area contributed by atoms with E-state index in [1.165, 1.54) is 49.5 Å². The Morgan fingerprint density at radius 1 is 1.12 bits per heavy atom. The lowest BCUT2D eigenvalue weighted by Crippen LogP contribution is -2.27. The Bertz CT molecular complexity index is 1170. The van der Waals surface area contributed by atoms with E-state index in [0.29, 0.717) is 5.56 Å². The van der Waals surface area contributed by atoms with Gasteiger partial charge in [-0.2, -0.15) is 5.10 Å². The number of alkyl halides is 2. The molecule has 0 bridgehead atoms. The standard InChI is InChI=1S/C21H17Cl2F2N3O4/c1-10(11-3-5-12(6-4-11)21(30)31)26-19(29)16-17(18(24)25)27-28(2)20(16)32-13-7-8-14(22)15(23)9-13/h3-10,18H,1-2H3,(H,26,29)(H,30,31). The molecule has 11 heteroatoms. The number of aromatic carboxylic acids is 1. The van der Waals surface area contributed by atoms with Gasteiger partial charge in [-0.1, -0.05) is 35.3 Å². The van der Waals surface area contributed by atoms with E-state index in [0.717, 1.165) is 4.68 Å². The predicted molar refractivity (Wildman–Crippen MR) is 114 cm³/mol. The summed E-state index contributed by atoms with van der Waals surface area (Å²) < 4.78 is 33.9. The molecule has 168 valence electrons. The highest BCUT2D eigenvalue weighted by molar-refractivity contribution is 6.42. The molecule has 1 heterocycles. The molecule has 0 radical (unpaired) electrons. The van der Waals surface area contributed by atoms with Gasteiger partial charge in [0.15, 0.2) is 0 Å². The van der Waals surface area contributed by atoms with Crippen LogP contribution in [0.25, 0.3) is 0 Å². The Hall–Kier alpha value is -3.17. The molecule has 0 aliphatic heterocycles. The minimum absolute atomic E-state index is 0.0804. The number of nitrogens with zero attached hydrogens (tertiary/aromatic N) is 2. The fourth-order valence-corrected chi connectivity index (χ4v) is 3.22. The van der Waals surface area contributed by atoms with E-state index in [2.05, 4.69) is 10.4 Å². The molecule has 1 aromatic heterocycles. The number of hydrogen-bond acceptors (Lipinski definition) is 4. The van der Waals surface area contributed by atoms with Crippen molar-refractivity contribution in [3.63, 3.8) is 0 Å². The van der Waals surface area contributed by atoms with Gasteiger partial charge < -0.3 is 15.2 Å². The summed E-state index contributed by atoms with van der Waals surface area (Å²) in [6.07, 6.45) is -3.03. The van der Waals surface area contributed by atoms with Crippen LogP contribution in [0.4, 0.5) is 8.78 Å². The maximum absolute atomic E-state index is 13.6. The molecule has 3 rings (SSSR count). The van der Waals surface area contributed by atoms with Gasteiger partial charge in [-0.05, 0) is 36.8 Å². The molecule has 1 atom stereocenters. The first-order valence-corrected chi connectivity index (χ1v) is 9.96. The first kappa shape index (κ1) is 23.5. The topological polar surface area (TPSA) is 93.5 Å². The van der Waals surface area contributed by atoms with Gasteiger partial charge >= 0.3 is 5.97 Å². The molecule has 0 fully saturated rings. The van der Waals surface area contributed by atoms with Crippen molar-refractivity contribution in [3.8, 4) is 11.6 Å². The van der Waals surface area contributed by atoms with Crippen LogP contribution in [-0.2, 0) is 7.05 Å². The quantitative estimate of drug-likeness (QED) is 0.453. The molecule has 2 N–H and O–H groups in total. The van der Waals surface area contributed by atoms with Gasteiger partial charge in [-0.25, -0.2) is 18.3 Å². The SMILES string of the molecule is CC(NC(=O)c1c(C(F)F)nn(C)c1Oc1ccc(Cl)c(Cl)c1)c1ccc(C(=O)O)cc1. The van der Waals surface area contributed by atoms with Gasteiger partial charge in [0, 0.05) is 13.1 Å². The van der Waals surface area contributed by atoms with Crippen LogP contribution in [0.1, 0.15) is 51.4 Å². The fourth-order valence-electron chi connectivity index (χ4n) is 2.93. The van der Waals surface area contributed by atoms with Crippen LogP contribution in [0.2, 0.25) is 10.0 Å². The number of benzene rings is 2. The first-order valence-electron chi connectivity index (χ1n) is 9.20. The number of amides is 1. The smallest absolute Gasteiger partial charge is 0.335 e. The van der Waals surface area contributed by atoms with Crippen LogP contribution >= 0.6 is 23.2 Å². The number of carboxylic acid groups (broad SMARTS) is 1. The molecule has 0 saturated carbocycles. The zero-order chi connectivity index (χ0) is 23.6. The van der Waals surface area contributed by atoms with Crippen molar-refractivity contribution in [2.75, 3.05) is 0 Å². The second-order valence-electron chi connectivity index (χ2n) is 6.79. The van der Waals surface area contributed by atoms with Gasteiger partial charge in [0.05, 0.1) is 21.7 Å². The molecule has 0 spiro atoms. The average Bonchev–Trinajstić information content (AvgIpc) is 3.07. The number of rotatable bonds is 7. The van der Waals surface area contributed by atoms with Gasteiger partial charge in [-0.15, -0.1) is 0 Å². The van der Waals surface area contributed by atoms with Crippen molar-refractivity contribution >= 4 is 35.1 Å². The minimum atomic E-state index is -3.03. The van der Waals surface area contributed by atoms with E-state index in [9.17, 15) is 18.4 Å². The third-order valence-electron chi connectivity index (χ3n) is 4.57. The zero-order valence-corrected chi connectivity index (χ0v) is 18.3. The summed E-state index contributed by atoms with van der Waals surface area (Å²) in [4.78, 5) is 24.0. The van der Waals surface area contributed by atoms with Gasteiger partial charge in [0.25, 0.3) is 12.3 Å². The number of hydrogen-bond donors (Lipinski definition) is 2. The van der Waals surface area contributed by atoms with Crippen molar-refractivity contribution < 1.29 is 28.2 Å². The third kappa shape index (κ3) is 5.00. The van der Waals surface area contributed by atoms with Crippen LogP contribution < -0.4 is 10.1 Å². The second kappa shape index (κ2) is 9.54. The first-order chi connectivity index (χ1) is 15.1. The van der Waals surface area contributed by atoms with Crippen molar-refractivity contribution in [1.29, 1.82) is 0 Å². The number of aryl methyl sites for hydroxylation is 1. The summed E-state index contributed by atoms with van der Waals surface area (Å²) in [7, 11) is 1.36. The number of ether oxygens (including phenoxy) is 1. The zero-order valence-electron chi connectivity index (χ0n) is 16.8. The van der Waals surface area contributed by atoms with Crippen LogP contribution in [0.5, 0.6) is 11.6 Å². The highest BCUT2D eigenvalue weighted by Crippen LogP contribution is 2.35. The molecule has 2 aromatic carbocycles. The highest BCUT2D eigenvalue weighted by atomic mass is 35.5. The van der Waals surface area contributed by atoms with E-state index in [1.54, 1.807) is 6.92 Å². The summed E-state index contributed by atoms with van der Waals surface area (Å²) in [6, 6.07) is 9.52. The monoisotopic (exact) mass is 483 g/mol. The second-order valence-corrected chi connectivity index (χ2v) is 7.60. The van der Waals surface area contributed by atoms with Gasteiger partial charge in [-0.3, -0.25) is 4.79 Å². The van der Waals surface area contributed by atoms with Crippen LogP contribution in [0.3, 0.4) is 0 Å². The summed E-state index contributed by atoms with van der Waals surface area (Å²) >= 11 is 11.9. The summed E-state index contributed by atoms with van der Waals surface area (Å²) in [5.74, 6) is -1.95.